The van der Waals surface area contributed by atoms with Crippen molar-refractivity contribution in [1.29, 1.82) is 0 Å². The summed E-state index contributed by atoms with van der Waals surface area (Å²) in [6.45, 7) is 7.57. The van der Waals surface area contributed by atoms with E-state index in [0.717, 1.165) is 27.2 Å². The van der Waals surface area contributed by atoms with Crippen molar-refractivity contribution in [3.8, 4) is 5.75 Å². The molecule has 0 atom stereocenters. The number of amides is 2. The van der Waals surface area contributed by atoms with Gasteiger partial charge in [0, 0.05) is 5.69 Å². The van der Waals surface area contributed by atoms with Crippen LogP contribution in [-0.4, -0.2) is 17.8 Å². The molecule has 2 amide bonds. The van der Waals surface area contributed by atoms with Crippen molar-refractivity contribution in [3.63, 3.8) is 0 Å². The van der Waals surface area contributed by atoms with Crippen LogP contribution in [0, 0.1) is 27.7 Å². The summed E-state index contributed by atoms with van der Waals surface area (Å²) in [7, 11) is 0. The maximum Gasteiger partial charge on any atom is 0.343 e. The van der Waals surface area contributed by atoms with Gasteiger partial charge in [-0.2, -0.15) is 0 Å². The van der Waals surface area contributed by atoms with Crippen molar-refractivity contribution < 1.29 is 19.1 Å². The van der Waals surface area contributed by atoms with Gasteiger partial charge in [-0.25, -0.2) is 9.69 Å². The fourth-order valence-corrected chi connectivity index (χ4v) is 3.99. The van der Waals surface area contributed by atoms with Crippen molar-refractivity contribution in [2.45, 2.75) is 27.7 Å². The summed E-state index contributed by atoms with van der Waals surface area (Å²) in [5.74, 6) is -1.15. The Hall–Kier alpha value is -3.90. The first kappa shape index (κ1) is 23.3. The molecule has 0 aromatic heterocycles. The number of anilines is 2. The van der Waals surface area contributed by atoms with Gasteiger partial charge in [-0.3, -0.25) is 9.59 Å². The highest BCUT2D eigenvalue weighted by molar-refractivity contribution is 6.53. The molecule has 0 saturated carbocycles. The van der Waals surface area contributed by atoms with E-state index in [1.807, 2.05) is 45.9 Å². The van der Waals surface area contributed by atoms with Gasteiger partial charge in [0.15, 0.2) is 0 Å². The van der Waals surface area contributed by atoms with Crippen LogP contribution in [0.4, 0.5) is 11.4 Å². The van der Waals surface area contributed by atoms with Crippen LogP contribution in [0.2, 0.25) is 0 Å². The van der Waals surface area contributed by atoms with Gasteiger partial charge in [-0.1, -0.05) is 29.8 Å². The Morgan fingerprint density at radius 2 is 1.47 bits per heavy atom. The molecule has 3 aromatic rings. The molecule has 1 aliphatic heterocycles. The van der Waals surface area contributed by atoms with Gasteiger partial charge in [-0.15, -0.1) is 0 Å². The van der Waals surface area contributed by atoms with E-state index in [2.05, 4.69) is 5.32 Å². The highest BCUT2D eigenvalue weighted by atomic mass is 35.5. The van der Waals surface area contributed by atoms with Crippen molar-refractivity contribution >= 4 is 40.8 Å². The van der Waals surface area contributed by atoms with Crippen LogP contribution < -0.4 is 15.0 Å². The van der Waals surface area contributed by atoms with Gasteiger partial charge in [0.1, 0.15) is 16.5 Å². The molecular weight excluding hydrogens is 452 g/mol. The zero-order valence-corrected chi connectivity index (χ0v) is 20.0. The summed E-state index contributed by atoms with van der Waals surface area (Å²) in [6, 6.07) is 17.5. The number of rotatable bonds is 5. The van der Waals surface area contributed by atoms with Crippen LogP contribution in [-0.2, 0) is 9.59 Å². The minimum Gasteiger partial charge on any atom is -0.423 e. The Morgan fingerprint density at radius 1 is 0.824 bits per heavy atom. The number of hydrogen-bond acceptors (Lipinski definition) is 5. The third-order valence-electron chi connectivity index (χ3n) is 5.43. The molecule has 0 aliphatic carbocycles. The fourth-order valence-electron chi connectivity index (χ4n) is 3.78. The lowest BCUT2D eigenvalue weighted by Crippen LogP contribution is -2.32. The molecule has 1 N–H and O–H groups in total. The van der Waals surface area contributed by atoms with E-state index in [1.165, 1.54) is 0 Å². The van der Waals surface area contributed by atoms with E-state index in [1.54, 1.807) is 42.5 Å². The lowest BCUT2D eigenvalue weighted by atomic mass is 10.1. The number of halogens is 1. The molecule has 4 rings (SSSR count). The van der Waals surface area contributed by atoms with Crippen molar-refractivity contribution in [3.05, 3.63) is 99.2 Å². The fraction of sp³-hybridized carbons (Fsp3) is 0.148. The number of ether oxygens (including phenoxy) is 1. The molecule has 0 fully saturated rings. The zero-order valence-electron chi connectivity index (χ0n) is 19.2. The second kappa shape index (κ2) is 9.15. The number of hydrogen-bond donors (Lipinski definition) is 1. The number of benzene rings is 3. The van der Waals surface area contributed by atoms with E-state index in [4.69, 9.17) is 16.3 Å². The van der Waals surface area contributed by atoms with E-state index >= 15 is 0 Å². The molecule has 6 nitrogen and oxygen atoms in total. The van der Waals surface area contributed by atoms with E-state index in [-0.39, 0.29) is 10.7 Å². The first-order valence-electron chi connectivity index (χ1n) is 10.7. The second-order valence-corrected chi connectivity index (χ2v) is 8.72. The maximum absolute atomic E-state index is 13.1. The largest absolute Gasteiger partial charge is 0.423 e. The Kier molecular flexibility index (Phi) is 6.26. The highest BCUT2D eigenvalue weighted by Gasteiger charge is 2.39. The smallest absolute Gasteiger partial charge is 0.343 e. The highest BCUT2D eigenvalue weighted by Crippen LogP contribution is 2.32. The van der Waals surface area contributed by atoms with E-state index in [9.17, 15) is 14.4 Å². The predicted octanol–water partition coefficient (Wildman–Crippen LogP) is 5.58. The standard InChI is InChI=1S/C27H23ClN2O4/c1-15-5-6-18(4)22(14-15)30-25(31)23(28)24(26(30)32)29-20-9-7-19(8-10-20)27(33)34-21-12-16(2)11-17(3)13-21/h5-14,29H,1-4H3. The summed E-state index contributed by atoms with van der Waals surface area (Å²) in [4.78, 5) is 39.4. The lowest BCUT2D eigenvalue weighted by Gasteiger charge is -2.18. The van der Waals surface area contributed by atoms with Crippen molar-refractivity contribution in [2.75, 3.05) is 10.2 Å². The van der Waals surface area contributed by atoms with E-state index in [0.29, 0.717) is 22.7 Å². The molecule has 34 heavy (non-hydrogen) atoms. The Morgan fingerprint density at radius 3 is 2.12 bits per heavy atom. The maximum atomic E-state index is 13.1. The first-order chi connectivity index (χ1) is 16.1. The summed E-state index contributed by atoms with van der Waals surface area (Å²) >= 11 is 6.24. The molecule has 0 unspecified atom stereocenters. The molecule has 0 bridgehead atoms. The predicted molar refractivity (Wildman–Crippen MR) is 132 cm³/mol. The van der Waals surface area contributed by atoms with Crippen LogP contribution >= 0.6 is 11.6 Å². The number of imide groups is 1. The number of carbonyl (C=O) groups is 3. The molecule has 7 heteroatoms. The first-order valence-corrected chi connectivity index (χ1v) is 11.0. The normalized spacial score (nSPS) is 13.5. The molecule has 172 valence electrons. The van der Waals surface area contributed by atoms with Crippen LogP contribution in [0.3, 0.4) is 0 Å². The summed E-state index contributed by atoms with van der Waals surface area (Å²) in [5, 5.41) is 2.73. The van der Waals surface area contributed by atoms with Gasteiger partial charge < -0.3 is 10.1 Å². The number of carbonyl (C=O) groups excluding carboxylic acids is 3. The molecule has 0 saturated heterocycles. The molecule has 0 radical (unpaired) electrons. The topological polar surface area (TPSA) is 75.7 Å². The lowest BCUT2D eigenvalue weighted by molar-refractivity contribution is -0.120. The van der Waals surface area contributed by atoms with Crippen LogP contribution in [0.5, 0.6) is 5.75 Å². The van der Waals surface area contributed by atoms with E-state index < -0.39 is 17.8 Å². The molecule has 1 aliphatic rings. The Labute approximate surface area is 202 Å². The molecule has 1 heterocycles. The minimum atomic E-state index is -0.587. The Bertz CT molecular complexity index is 1340. The molecule has 0 spiro atoms. The summed E-state index contributed by atoms with van der Waals surface area (Å²) in [6.07, 6.45) is 0. The van der Waals surface area contributed by atoms with Gasteiger partial charge in [0.25, 0.3) is 11.8 Å². The van der Waals surface area contributed by atoms with Gasteiger partial charge in [0.05, 0.1) is 11.3 Å². The van der Waals surface area contributed by atoms with Crippen molar-refractivity contribution in [1.82, 2.24) is 0 Å². The second-order valence-electron chi connectivity index (χ2n) is 8.34. The quantitative estimate of drug-likeness (QED) is 0.297. The van der Waals surface area contributed by atoms with Crippen LogP contribution in [0.25, 0.3) is 0 Å². The molecule has 3 aromatic carbocycles. The summed E-state index contributed by atoms with van der Waals surface area (Å²) < 4.78 is 5.47. The zero-order chi connectivity index (χ0) is 24.6. The third kappa shape index (κ3) is 4.58. The van der Waals surface area contributed by atoms with Gasteiger partial charge in [-0.05, 0) is 92.4 Å². The Balaban J connectivity index is 1.50. The average Bonchev–Trinajstić information content (AvgIpc) is 2.98. The molecular formula is C27H23ClN2O4. The number of nitrogens with zero attached hydrogens (tertiary/aromatic N) is 1. The van der Waals surface area contributed by atoms with Crippen LogP contribution in [0.1, 0.15) is 32.6 Å². The number of aryl methyl sites for hydroxylation is 4. The van der Waals surface area contributed by atoms with Crippen LogP contribution in [0.15, 0.2) is 71.4 Å². The monoisotopic (exact) mass is 474 g/mol. The van der Waals surface area contributed by atoms with Crippen molar-refractivity contribution in [2.24, 2.45) is 0 Å². The minimum absolute atomic E-state index is 0.0156. The van der Waals surface area contributed by atoms with Gasteiger partial charge >= 0.3 is 5.97 Å². The van der Waals surface area contributed by atoms with Gasteiger partial charge in [0.2, 0.25) is 0 Å². The average molecular weight is 475 g/mol. The SMILES string of the molecule is Cc1cc(C)cc(OC(=O)c2ccc(NC3=C(Cl)C(=O)N(c4cc(C)ccc4C)C3=O)cc2)c1. The number of nitrogens with one attached hydrogen (secondary N) is 1. The number of esters is 1. The third-order valence-corrected chi connectivity index (χ3v) is 5.78. The summed E-state index contributed by atoms with van der Waals surface area (Å²) in [5.41, 5.74) is 5.02.